The van der Waals surface area contributed by atoms with Gasteiger partial charge in [0.15, 0.2) is 0 Å². The molecular weight excluding hydrogens is 314 g/mol. The number of rotatable bonds is 10. The van der Waals surface area contributed by atoms with Gasteiger partial charge in [0.05, 0.1) is 6.10 Å². The van der Waals surface area contributed by atoms with E-state index in [1.807, 2.05) is 39.8 Å². The molecule has 25 heavy (non-hydrogen) atoms. The molecule has 1 aromatic rings. The molecular formula is C21H35NO3. The Morgan fingerprint density at radius 2 is 1.80 bits per heavy atom. The van der Waals surface area contributed by atoms with Crippen LogP contribution in [0.4, 0.5) is 5.69 Å². The quantitative estimate of drug-likeness (QED) is 0.615. The minimum absolute atomic E-state index is 0.0859. The van der Waals surface area contributed by atoms with Crippen LogP contribution in [0.3, 0.4) is 0 Å². The normalized spacial score (nSPS) is 14.7. The highest BCUT2D eigenvalue weighted by molar-refractivity contribution is 5.97. The number of carbonyl (C=O) groups excluding carboxylic acids is 1. The first-order valence-electron chi connectivity index (χ1n) is 9.50. The van der Waals surface area contributed by atoms with Crippen LogP contribution in [0.1, 0.15) is 71.4 Å². The molecule has 0 aliphatic heterocycles. The fourth-order valence-electron chi connectivity index (χ4n) is 2.84. The second-order valence-electron chi connectivity index (χ2n) is 7.00. The molecule has 1 amide bonds. The lowest BCUT2D eigenvalue weighted by Gasteiger charge is -2.28. The first-order valence-corrected chi connectivity index (χ1v) is 9.50. The van der Waals surface area contributed by atoms with E-state index in [4.69, 9.17) is 9.47 Å². The van der Waals surface area contributed by atoms with Crippen molar-refractivity contribution in [2.24, 2.45) is 0 Å². The molecule has 0 aromatic heterocycles. The predicted molar refractivity (Wildman–Crippen MR) is 104 cm³/mol. The van der Waals surface area contributed by atoms with E-state index in [0.717, 1.165) is 48.2 Å². The number of benzene rings is 1. The smallest absolute Gasteiger partial charge is 0.256 e. The molecule has 1 N–H and O–H groups in total. The summed E-state index contributed by atoms with van der Waals surface area (Å²) in [6, 6.07) is 3.93. The maximum atomic E-state index is 12.8. The van der Waals surface area contributed by atoms with E-state index in [1.165, 1.54) is 0 Å². The molecule has 2 atom stereocenters. The maximum absolute atomic E-state index is 12.8. The minimum Gasteiger partial charge on any atom is -0.490 e. The molecule has 0 heterocycles. The zero-order valence-electron chi connectivity index (χ0n) is 17.0. The van der Waals surface area contributed by atoms with E-state index >= 15 is 0 Å². The van der Waals surface area contributed by atoms with Gasteiger partial charge < -0.3 is 14.8 Å². The number of nitrogens with one attached hydrogen (secondary N) is 1. The standard InChI is InChI=1S/C21H35NO3/c1-8-11-12-21(7,24-10-3)20(23)22-18-13-15(4)19(16(5)14-18)25-17(6)9-2/h13-14,17H,8-12H2,1-7H3,(H,22,23)/t17-,21-/m0/s1. The Balaban J connectivity index is 2.96. The van der Waals surface area contributed by atoms with Crippen LogP contribution in [0, 0.1) is 13.8 Å². The average molecular weight is 350 g/mol. The Morgan fingerprint density at radius 3 is 2.28 bits per heavy atom. The van der Waals surface area contributed by atoms with Gasteiger partial charge in [-0.15, -0.1) is 0 Å². The molecule has 0 radical (unpaired) electrons. The van der Waals surface area contributed by atoms with Gasteiger partial charge >= 0.3 is 0 Å². The highest BCUT2D eigenvalue weighted by Crippen LogP contribution is 2.29. The Kier molecular flexibility index (Phi) is 8.43. The van der Waals surface area contributed by atoms with Gasteiger partial charge in [0.25, 0.3) is 5.91 Å². The van der Waals surface area contributed by atoms with Gasteiger partial charge in [-0.25, -0.2) is 0 Å². The first kappa shape index (κ1) is 21.5. The Hall–Kier alpha value is -1.55. The summed E-state index contributed by atoms with van der Waals surface area (Å²) >= 11 is 0. The zero-order chi connectivity index (χ0) is 19.0. The summed E-state index contributed by atoms with van der Waals surface area (Å²) in [4.78, 5) is 12.8. The molecule has 0 saturated carbocycles. The van der Waals surface area contributed by atoms with Gasteiger partial charge in [0, 0.05) is 12.3 Å². The molecule has 0 aliphatic carbocycles. The van der Waals surface area contributed by atoms with Crippen molar-refractivity contribution in [3.8, 4) is 5.75 Å². The molecule has 1 aromatic carbocycles. The number of carbonyl (C=O) groups is 1. The number of hydrogen-bond acceptors (Lipinski definition) is 3. The largest absolute Gasteiger partial charge is 0.490 e. The van der Waals surface area contributed by atoms with Crippen LogP contribution in [-0.2, 0) is 9.53 Å². The van der Waals surface area contributed by atoms with Crippen molar-refractivity contribution in [2.45, 2.75) is 85.9 Å². The zero-order valence-corrected chi connectivity index (χ0v) is 17.0. The van der Waals surface area contributed by atoms with Crippen molar-refractivity contribution >= 4 is 11.6 Å². The molecule has 0 bridgehead atoms. The van der Waals surface area contributed by atoms with Crippen molar-refractivity contribution in [1.29, 1.82) is 0 Å². The molecule has 0 aliphatic rings. The monoisotopic (exact) mass is 349 g/mol. The molecule has 0 unspecified atom stereocenters. The van der Waals surface area contributed by atoms with Gasteiger partial charge in [-0.3, -0.25) is 4.79 Å². The van der Waals surface area contributed by atoms with Crippen LogP contribution in [0.2, 0.25) is 0 Å². The molecule has 4 heteroatoms. The van der Waals surface area contributed by atoms with Gasteiger partial charge in [-0.2, -0.15) is 0 Å². The lowest BCUT2D eigenvalue weighted by Crippen LogP contribution is -2.42. The van der Waals surface area contributed by atoms with E-state index in [2.05, 4.69) is 26.1 Å². The third kappa shape index (κ3) is 6.03. The van der Waals surface area contributed by atoms with Gasteiger partial charge in [0.2, 0.25) is 0 Å². The third-order valence-electron chi connectivity index (χ3n) is 4.56. The summed E-state index contributed by atoms with van der Waals surface area (Å²) in [5.74, 6) is 0.822. The number of hydrogen-bond donors (Lipinski definition) is 1. The molecule has 0 spiro atoms. The third-order valence-corrected chi connectivity index (χ3v) is 4.56. The van der Waals surface area contributed by atoms with Crippen molar-refractivity contribution in [3.05, 3.63) is 23.3 Å². The second-order valence-corrected chi connectivity index (χ2v) is 7.00. The number of amides is 1. The summed E-state index contributed by atoms with van der Waals surface area (Å²) in [5, 5.41) is 3.03. The topological polar surface area (TPSA) is 47.6 Å². The highest BCUT2D eigenvalue weighted by atomic mass is 16.5. The van der Waals surface area contributed by atoms with Gasteiger partial charge in [-0.1, -0.05) is 26.7 Å². The van der Waals surface area contributed by atoms with E-state index in [1.54, 1.807) is 0 Å². The van der Waals surface area contributed by atoms with Crippen LogP contribution in [0.5, 0.6) is 5.75 Å². The molecule has 4 nitrogen and oxygen atoms in total. The molecule has 142 valence electrons. The Labute approximate surface area is 153 Å². The summed E-state index contributed by atoms with van der Waals surface area (Å²) in [7, 11) is 0. The van der Waals surface area contributed by atoms with Crippen LogP contribution in [0.15, 0.2) is 12.1 Å². The number of aryl methyl sites for hydroxylation is 2. The van der Waals surface area contributed by atoms with Crippen molar-refractivity contribution in [1.82, 2.24) is 0 Å². The number of unbranched alkanes of at least 4 members (excludes halogenated alkanes) is 1. The van der Waals surface area contributed by atoms with Gasteiger partial charge in [0.1, 0.15) is 11.4 Å². The lowest BCUT2D eigenvalue weighted by atomic mass is 9.97. The summed E-state index contributed by atoms with van der Waals surface area (Å²) in [6.45, 7) is 14.6. The average Bonchev–Trinajstić information content (AvgIpc) is 2.56. The van der Waals surface area contributed by atoms with Crippen molar-refractivity contribution in [3.63, 3.8) is 0 Å². The molecule has 1 rings (SSSR count). The lowest BCUT2D eigenvalue weighted by molar-refractivity contribution is -0.139. The summed E-state index contributed by atoms with van der Waals surface area (Å²) in [5.41, 5.74) is 2.06. The van der Waals surface area contributed by atoms with Crippen molar-refractivity contribution in [2.75, 3.05) is 11.9 Å². The fraction of sp³-hybridized carbons (Fsp3) is 0.667. The van der Waals surface area contributed by atoms with E-state index in [0.29, 0.717) is 6.61 Å². The predicted octanol–water partition coefficient (Wildman–Crippen LogP) is 5.40. The minimum atomic E-state index is -0.793. The number of ether oxygens (including phenoxy) is 2. The van der Waals surface area contributed by atoms with Crippen molar-refractivity contribution < 1.29 is 14.3 Å². The first-order chi connectivity index (χ1) is 11.8. The highest BCUT2D eigenvalue weighted by Gasteiger charge is 2.33. The Bertz CT molecular complexity index is 547. The van der Waals surface area contributed by atoms with E-state index in [-0.39, 0.29) is 12.0 Å². The second kappa shape index (κ2) is 9.81. The van der Waals surface area contributed by atoms with Crippen LogP contribution >= 0.6 is 0 Å². The summed E-state index contributed by atoms with van der Waals surface area (Å²) in [6.07, 6.45) is 3.85. The SMILES string of the molecule is CCCC[C@](C)(OCC)C(=O)Nc1cc(C)c(O[C@@H](C)CC)c(C)c1. The van der Waals surface area contributed by atoms with E-state index in [9.17, 15) is 4.79 Å². The van der Waals surface area contributed by atoms with Gasteiger partial charge in [-0.05, 0) is 70.7 Å². The Morgan fingerprint density at radius 1 is 1.20 bits per heavy atom. The summed E-state index contributed by atoms with van der Waals surface area (Å²) < 4.78 is 11.8. The van der Waals surface area contributed by atoms with Crippen LogP contribution in [0.25, 0.3) is 0 Å². The van der Waals surface area contributed by atoms with Crippen LogP contribution < -0.4 is 10.1 Å². The van der Waals surface area contributed by atoms with E-state index < -0.39 is 5.60 Å². The maximum Gasteiger partial charge on any atom is 0.256 e. The molecule has 0 saturated heterocycles. The molecule has 0 fully saturated rings. The van der Waals surface area contributed by atoms with Crippen LogP contribution in [-0.4, -0.2) is 24.2 Å². The number of anilines is 1. The fourth-order valence-corrected chi connectivity index (χ4v) is 2.84.